The Bertz CT molecular complexity index is 814. The van der Waals surface area contributed by atoms with Crippen molar-refractivity contribution in [2.75, 3.05) is 0 Å². The van der Waals surface area contributed by atoms with Crippen molar-refractivity contribution in [2.45, 2.75) is 16.8 Å². The number of aromatic amines is 1. The number of nitrogens with one attached hydrogen (secondary N) is 1. The second-order valence-electron chi connectivity index (χ2n) is 4.92. The van der Waals surface area contributed by atoms with Gasteiger partial charge in [0, 0.05) is 15.5 Å². The van der Waals surface area contributed by atoms with Crippen LogP contribution in [0.15, 0.2) is 53.4 Å². The summed E-state index contributed by atoms with van der Waals surface area (Å²) in [5.41, 5.74) is -0.165. The van der Waals surface area contributed by atoms with Gasteiger partial charge in [-0.15, -0.1) is 11.8 Å². The lowest BCUT2D eigenvalue weighted by atomic mass is 10.1. The quantitative estimate of drug-likeness (QED) is 0.623. The number of hydrogen-bond acceptors (Lipinski definition) is 3. The van der Waals surface area contributed by atoms with Crippen LogP contribution in [0.5, 0.6) is 0 Å². The maximum absolute atomic E-state index is 12.6. The molecule has 1 N–H and O–H groups in total. The maximum atomic E-state index is 12.6. The summed E-state index contributed by atoms with van der Waals surface area (Å²) in [5.74, 6) is 1.58. The van der Waals surface area contributed by atoms with Crippen molar-refractivity contribution in [3.05, 3.63) is 64.9 Å². The van der Waals surface area contributed by atoms with Gasteiger partial charge in [-0.3, -0.25) is 5.10 Å². The Balaban J connectivity index is 1.68. The summed E-state index contributed by atoms with van der Waals surface area (Å²) >= 11 is 7.39. The maximum Gasteiger partial charge on any atom is 0.416 e. The molecule has 0 fully saturated rings. The van der Waals surface area contributed by atoms with Gasteiger partial charge in [-0.2, -0.15) is 18.3 Å². The van der Waals surface area contributed by atoms with Crippen molar-refractivity contribution in [3.63, 3.8) is 0 Å². The summed E-state index contributed by atoms with van der Waals surface area (Å²) in [6, 6.07) is 12.2. The van der Waals surface area contributed by atoms with Crippen LogP contribution in [-0.4, -0.2) is 15.2 Å². The molecule has 0 aliphatic rings. The van der Waals surface area contributed by atoms with E-state index in [0.717, 1.165) is 17.0 Å². The first kappa shape index (κ1) is 16.9. The van der Waals surface area contributed by atoms with Gasteiger partial charge in [0.1, 0.15) is 5.82 Å². The molecular formula is C16H11ClF3N3S. The Morgan fingerprint density at radius 1 is 1.00 bits per heavy atom. The Hall–Kier alpha value is -1.99. The van der Waals surface area contributed by atoms with Gasteiger partial charge < -0.3 is 0 Å². The molecule has 0 bridgehead atoms. The molecule has 0 saturated carbocycles. The van der Waals surface area contributed by atoms with E-state index >= 15 is 0 Å². The normalized spacial score (nSPS) is 11.7. The first-order chi connectivity index (χ1) is 11.4. The van der Waals surface area contributed by atoms with E-state index in [1.165, 1.54) is 12.1 Å². The van der Waals surface area contributed by atoms with Crippen LogP contribution in [-0.2, 0) is 11.9 Å². The van der Waals surface area contributed by atoms with Gasteiger partial charge in [-0.1, -0.05) is 23.7 Å². The molecule has 2 aromatic carbocycles. The number of halogens is 4. The average molecular weight is 370 g/mol. The van der Waals surface area contributed by atoms with Crippen molar-refractivity contribution in [2.24, 2.45) is 0 Å². The zero-order valence-electron chi connectivity index (χ0n) is 12.1. The summed E-state index contributed by atoms with van der Waals surface area (Å²) in [5, 5.41) is 7.52. The Morgan fingerprint density at radius 3 is 2.29 bits per heavy atom. The van der Waals surface area contributed by atoms with Crippen molar-refractivity contribution >= 4 is 23.4 Å². The van der Waals surface area contributed by atoms with Gasteiger partial charge in [-0.05, 0) is 36.4 Å². The standard InChI is InChI=1S/C16H11ClF3N3S/c17-12-5-7-13(8-6-12)24-9-14-21-15(23-22-14)10-1-3-11(4-2-10)16(18,19)20/h1-8H,9H2,(H,21,22,23). The summed E-state index contributed by atoms with van der Waals surface area (Å²) in [4.78, 5) is 5.34. The molecule has 0 spiro atoms. The van der Waals surface area contributed by atoms with Crippen molar-refractivity contribution in [3.8, 4) is 11.4 Å². The molecule has 1 heterocycles. The van der Waals surface area contributed by atoms with Crippen LogP contribution in [0.3, 0.4) is 0 Å². The second kappa shape index (κ2) is 6.86. The molecule has 3 aromatic rings. The van der Waals surface area contributed by atoms with Gasteiger partial charge in [0.05, 0.1) is 11.3 Å². The number of benzene rings is 2. The van der Waals surface area contributed by atoms with Crippen LogP contribution >= 0.6 is 23.4 Å². The third-order valence-corrected chi connectivity index (χ3v) is 4.47. The molecule has 124 valence electrons. The Labute approximate surface area is 145 Å². The molecule has 0 atom stereocenters. The van der Waals surface area contributed by atoms with Crippen LogP contribution in [0.25, 0.3) is 11.4 Å². The smallest absolute Gasteiger partial charge is 0.262 e. The minimum absolute atomic E-state index is 0.371. The molecule has 0 radical (unpaired) electrons. The van der Waals surface area contributed by atoms with Gasteiger partial charge in [0.2, 0.25) is 0 Å². The molecule has 0 aliphatic heterocycles. The molecule has 3 nitrogen and oxygen atoms in total. The van der Waals surface area contributed by atoms with E-state index < -0.39 is 11.7 Å². The fourth-order valence-electron chi connectivity index (χ4n) is 1.98. The lowest BCUT2D eigenvalue weighted by Crippen LogP contribution is -2.04. The lowest BCUT2D eigenvalue weighted by molar-refractivity contribution is -0.137. The van der Waals surface area contributed by atoms with E-state index in [9.17, 15) is 13.2 Å². The first-order valence-electron chi connectivity index (χ1n) is 6.89. The van der Waals surface area contributed by atoms with Crippen LogP contribution in [0.4, 0.5) is 13.2 Å². The Morgan fingerprint density at radius 2 is 1.67 bits per heavy atom. The topological polar surface area (TPSA) is 41.6 Å². The lowest BCUT2D eigenvalue weighted by Gasteiger charge is -2.06. The molecular weight excluding hydrogens is 359 g/mol. The minimum Gasteiger partial charge on any atom is -0.262 e. The predicted molar refractivity (Wildman–Crippen MR) is 87.8 cm³/mol. The average Bonchev–Trinajstić information content (AvgIpc) is 3.03. The van der Waals surface area contributed by atoms with Gasteiger partial charge >= 0.3 is 6.18 Å². The predicted octanol–water partition coefficient (Wildman–Crippen LogP) is 5.44. The Kier molecular flexibility index (Phi) is 4.82. The van der Waals surface area contributed by atoms with E-state index in [1.807, 2.05) is 12.1 Å². The van der Waals surface area contributed by atoms with E-state index in [1.54, 1.807) is 23.9 Å². The number of H-pyrrole nitrogens is 1. The van der Waals surface area contributed by atoms with Crippen molar-refractivity contribution in [1.82, 2.24) is 15.2 Å². The SMILES string of the molecule is FC(F)(F)c1ccc(-c2n[nH]c(CSc3ccc(Cl)cc3)n2)cc1. The molecule has 0 amide bonds. The fraction of sp³-hybridized carbons (Fsp3) is 0.125. The molecule has 3 rings (SSSR count). The van der Waals surface area contributed by atoms with Gasteiger partial charge in [-0.25, -0.2) is 4.98 Å². The highest BCUT2D eigenvalue weighted by Crippen LogP contribution is 2.30. The van der Waals surface area contributed by atoms with Crippen LogP contribution < -0.4 is 0 Å². The highest BCUT2D eigenvalue weighted by molar-refractivity contribution is 7.98. The van der Waals surface area contributed by atoms with E-state index in [2.05, 4.69) is 15.2 Å². The number of nitrogens with zero attached hydrogens (tertiary/aromatic N) is 2. The largest absolute Gasteiger partial charge is 0.416 e. The van der Waals surface area contributed by atoms with Crippen molar-refractivity contribution < 1.29 is 13.2 Å². The molecule has 0 saturated heterocycles. The summed E-state index contributed by atoms with van der Waals surface area (Å²) in [6.07, 6.45) is -4.35. The number of thioether (sulfide) groups is 1. The number of rotatable bonds is 4. The minimum atomic E-state index is -4.35. The fourth-order valence-corrected chi connectivity index (χ4v) is 2.87. The number of aromatic nitrogens is 3. The van der Waals surface area contributed by atoms with Crippen molar-refractivity contribution in [1.29, 1.82) is 0 Å². The molecule has 1 aromatic heterocycles. The third-order valence-electron chi connectivity index (χ3n) is 3.19. The highest BCUT2D eigenvalue weighted by Gasteiger charge is 2.30. The van der Waals surface area contributed by atoms with E-state index in [-0.39, 0.29) is 0 Å². The number of alkyl halides is 3. The molecule has 0 unspecified atom stereocenters. The van der Waals surface area contributed by atoms with Gasteiger partial charge in [0.25, 0.3) is 0 Å². The summed E-state index contributed by atoms with van der Waals surface area (Å²) < 4.78 is 37.7. The molecule has 24 heavy (non-hydrogen) atoms. The third kappa shape index (κ3) is 4.10. The first-order valence-corrected chi connectivity index (χ1v) is 8.25. The summed E-state index contributed by atoms with van der Waals surface area (Å²) in [7, 11) is 0. The van der Waals surface area contributed by atoms with Crippen LogP contribution in [0, 0.1) is 0 Å². The van der Waals surface area contributed by atoms with Crippen LogP contribution in [0.2, 0.25) is 5.02 Å². The zero-order valence-corrected chi connectivity index (χ0v) is 13.7. The van der Waals surface area contributed by atoms with E-state index in [4.69, 9.17) is 11.6 Å². The monoisotopic (exact) mass is 369 g/mol. The zero-order chi connectivity index (χ0) is 17.2. The summed E-state index contributed by atoms with van der Waals surface area (Å²) in [6.45, 7) is 0. The molecule has 8 heteroatoms. The number of hydrogen-bond donors (Lipinski definition) is 1. The highest BCUT2D eigenvalue weighted by atomic mass is 35.5. The van der Waals surface area contributed by atoms with Gasteiger partial charge in [0.15, 0.2) is 5.82 Å². The molecule has 0 aliphatic carbocycles. The van der Waals surface area contributed by atoms with E-state index in [0.29, 0.717) is 28.0 Å². The van der Waals surface area contributed by atoms with Crippen LogP contribution in [0.1, 0.15) is 11.4 Å². The second-order valence-corrected chi connectivity index (χ2v) is 6.41.